The molecule has 108 valence electrons. The number of nitrogens with one attached hydrogen (secondary N) is 1. The number of hydrogen-bond acceptors (Lipinski definition) is 3. The molecular formula is C18H20N2O. The minimum atomic E-state index is -1.02. The molecule has 0 aliphatic carbocycles. The number of benzene rings is 2. The summed E-state index contributed by atoms with van der Waals surface area (Å²) >= 11 is 0. The fourth-order valence-corrected chi connectivity index (χ4v) is 3.64. The lowest BCUT2D eigenvalue weighted by Gasteiger charge is -2.46. The molecule has 4 rings (SSSR count). The van der Waals surface area contributed by atoms with E-state index in [1.165, 1.54) is 6.42 Å². The first-order valence-corrected chi connectivity index (χ1v) is 7.73. The Balaban J connectivity index is 1.92. The zero-order valence-corrected chi connectivity index (χ0v) is 12.0. The maximum Gasteiger partial charge on any atom is 0.175 e. The maximum absolute atomic E-state index is 11.7. The second-order valence-electron chi connectivity index (χ2n) is 5.94. The second-order valence-corrected chi connectivity index (χ2v) is 5.94. The van der Waals surface area contributed by atoms with E-state index in [1.54, 1.807) is 0 Å². The summed E-state index contributed by atoms with van der Waals surface area (Å²) in [5.41, 5.74) is 2.92. The normalized spacial score (nSPS) is 20.2. The van der Waals surface area contributed by atoms with Crippen molar-refractivity contribution in [1.29, 1.82) is 0 Å². The molecule has 0 bridgehead atoms. The molecule has 2 aromatic rings. The molecular weight excluding hydrogens is 260 g/mol. The smallest absolute Gasteiger partial charge is 0.175 e. The summed E-state index contributed by atoms with van der Waals surface area (Å²) in [6.45, 7) is 1.89. The van der Waals surface area contributed by atoms with Crippen molar-refractivity contribution in [3.63, 3.8) is 0 Å². The third-order valence-electron chi connectivity index (χ3n) is 4.69. The van der Waals surface area contributed by atoms with Crippen LogP contribution in [0.25, 0.3) is 0 Å². The Morgan fingerprint density at radius 2 is 1.33 bits per heavy atom. The highest BCUT2D eigenvalue weighted by Crippen LogP contribution is 2.46. The van der Waals surface area contributed by atoms with E-state index >= 15 is 0 Å². The van der Waals surface area contributed by atoms with E-state index in [9.17, 15) is 5.11 Å². The minimum absolute atomic E-state index is 0.944. The molecule has 0 atom stereocenters. The van der Waals surface area contributed by atoms with Gasteiger partial charge in [-0.15, -0.1) is 0 Å². The monoisotopic (exact) mass is 280 g/mol. The standard InChI is InChI=1S/C18H20N2O/c21-18(20-12-6-1-7-13-20)14-8-2-4-10-16(14)19-17-11-5-3-9-15(17)18/h2-5,8-11,19,21H,1,6-7,12-13H2. The number of nitrogens with zero attached hydrogens (tertiary/aromatic N) is 1. The van der Waals surface area contributed by atoms with Gasteiger partial charge in [0, 0.05) is 35.6 Å². The number of hydrogen-bond donors (Lipinski definition) is 2. The van der Waals surface area contributed by atoms with Crippen molar-refractivity contribution in [1.82, 2.24) is 4.90 Å². The van der Waals surface area contributed by atoms with Crippen LogP contribution in [0, 0.1) is 0 Å². The first-order chi connectivity index (χ1) is 10.3. The van der Waals surface area contributed by atoms with Gasteiger partial charge in [0.05, 0.1) is 0 Å². The van der Waals surface area contributed by atoms with Crippen LogP contribution in [0.3, 0.4) is 0 Å². The second kappa shape index (κ2) is 4.86. The van der Waals surface area contributed by atoms with Crippen LogP contribution in [0.5, 0.6) is 0 Å². The Bertz CT molecular complexity index is 616. The molecule has 3 heteroatoms. The van der Waals surface area contributed by atoms with E-state index < -0.39 is 5.72 Å². The van der Waals surface area contributed by atoms with Crippen LogP contribution >= 0.6 is 0 Å². The Kier molecular flexibility index (Phi) is 2.98. The Morgan fingerprint density at radius 1 is 0.810 bits per heavy atom. The zero-order valence-electron chi connectivity index (χ0n) is 12.0. The molecule has 2 aromatic carbocycles. The third kappa shape index (κ3) is 1.88. The summed E-state index contributed by atoms with van der Waals surface area (Å²) in [7, 11) is 0. The van der Waals surface area contributed by atoms with Crippen molar-refractivity contribution >= 4 is 11.4 Å². The summed E-state index contributed by atoms with van der Waals surface area (Å²) in [6.07, 6.45) is 3.56. The lowest BCUT2D eigenvalue weighted by Crippen LogP contribution is -2.51. The molecule has 2 aliphatic heterocycles. The van der Waals surface area contributed by atoms with Crippen LogP contribution in [0.4, 0.5) is 11.4 Å². The van der Waals surface area contributed by atoms with Gasteiger partial charge in [0.1, 0.15) is 0 Å². The molecule has 3 nitrogen and oxygen atoms in total. The molecule has 0 aromatic heterocycles. The average Bonchev–Trinajstić information content (AvgIpc) is 2.56. The van der Waals surface area contributed by atoms with Gasteiger partial charge in [0.25, 0.3) is 0 Å². The predicted octanol–water partition coefficient (Wildman–Crippen LogP) is 3.42. The predicted molar refractivity (Wildman–Crippen MR) is 84.6 cm³/mol. The Hall–Kier alpha value is -1.84. The molecule has 0 radical (unpaired) electrons. The third-order valence-corrected chi connectivity index (χ3v) is 4.69. The van der Waals surface area contributed by atoms with Crippen LogP contribution in [0.15, 0.2) is 48.5 Å². The van der Waals surface area contributed by atoms with Crippen molar-refractivity contribution in [2.75, 3.05) is 18.4 Å². The molecule has 1 fully saturated rings. The molecule has 21 heavy (non-hydrogen) atoms. The van der Waals surface area contributed by atoms with E-state index in [1.807, 2.05) is 48.5 Å². The maximum atomic E-state index is 11.7. The van der Waals surface area contributed by atoms with Crippen LogP contribution in [-0.4, -0.2) is 23.1 Å². The highest BCUT2D eigenvalue weighted by atomic mass is 16.3. The molecule has 2 N–H and O–H groups in total. The molecule has 2 heterocycles. The van der Waals surface area contributed by atoms with E-state index in [-0.39, 0.29) is 0 Å². The van der Waals surface area contributed by atoms with Gasteiger partial charge in [-0.1, -0.05) is 42.8 Å². The SMILES string of the molecule is OC1(N2CCCCC2)c2ccccc2Nc2ccccc21. The molecule has 0 saturated carbocycles. The lowest BCUT2D eigenvalue weighted by atomic mass is 9.86. The fraction of sp³-hybridized carbons (Fsp3) is 0.333. The van der Waals surface area contributed by atoms with Crippen LogP contribution < -0.4 is 5.32 Å². The van der Waals surface area contributed by atoms with Crippen molar-refractivity contribution in [3.05, 3.63) is 59.7 Å². The molecule has 0 unspecified atom stereocenters. The van der Waals surface area contributed by atoms with Crippen molar-refractivity contribution in [2.24, 2.45) is 0 Å². The van der Waals surface area contributed by atoms with Gasteiger partial charge >= 0.3 is 0 Å². The summed E-state index contributed by atoms with van der Waals surface area (Å²) in [5.74, 6) is 0. The first-order valence-electron chi connectivity index (χ1n) is 7.73. The van der Waals surface area contributed by atoms with E-state index in [4.69, 9.17) is 0 Å². The molecule has 2 aliphatic rings. The van der Waals surface area contributed by atoms with Gasteiger partial charge in [-0.3, -0.25) is 4.90 Å². The van der Waals surface area contributed by atoms with E-state index in [0.717, 1.165) is 48.4 Å². The van der Waals surface area contributed by atoms with Gasteiger partial charge in [-0.25, -0.2) is 0 Å². The Morgan fingerprint density at radius 3 is 1.90 bits per heavy atom. The van der Waals surface area contributed by atoms with Crippen LogP contribution in [0.1, 0.15) is 30.4 Å². The quantitative estimate of drug-likeness (QED) is 0.840. The molecule has 1 saturated heterocycles. The summed E-state index contributed by atoms with van der Waals surface area (Å²) in [6, 6.07) is 16.2. The lowest BCUT2D eigenvalue weighted by molar-refractivity contribution is -0.0891. The van der Waals surface area contributed by atoms with Crippen molar-refractivity contribution < 1.29 is 5.11 Å². The van der Waals surface area contributed by atoms with Gasteiger partial charge < -0.3 is 10.4 Å². The summed E-state index contributed by atoms with van der Waals surface area (Å²) in [4.78, 5) is 2.23. The fourth-order valence-electron chi connectivity index (χ4n) is 3.64. The van der Waals surface area contributed by atoms with Gasteiger partial charge in [-0.05, 0) is 25.0 Å². The zero-order chi connectivity index (χ0) is 14.3. The minimum Gasteiger partial charge on any atom is -0.367 e. The van der Waals surface area contributed by atoms with Gasteiger partial charge in [-0.2, -0.15) is 0 Å². The van der Waals surface area contributed by atoms with Crippen molar-refractivity contribution in [2.45, 2.75) is 25.0 Å². The topological polar surface area (TPSA) is 35.5 Å². The summed E-state index contributed by atoms with van der Waals surface area (Å²) in [5, 5.41) is 15.1. The highest BCUT2D eigenvalue weighted by Gasteiger charge is 2.44. The number of piperidine rings is 1. The number of fused-ring (bicyclic) bond motifs is 2. The number of anilines is 2. The largest absolute Gasteiger partial charge is 0.367 e. The first kappa shape index (κ1) is 12.9. The van der Waals surface area contributed by atoms with E-state index in [0.29, 0.717) is 0 Å². The van der Waals surface area contributed by atoms with Crippen LogP contribution in [0.2, 0.25) is 0 Å². The van der Waals surface area contributed by atoms with Gasteiger partial charge in [0.2, 0.25) is 0 Å². The Labute approximate surface area is 125 Å². The summed E-state index contributed by atoms with van der Waals surface area (Å²) < 4.78 is 0. The molecule has 0 spiro atoms. The molecule has 0 amide bonds. The van der Waals surface area contributed by atoms with Crippen molar-refractivity contribution in [3.8, 4) is 0 Å². The number of rotatable bonds is 1. The number of para-hydroxylation sites is 2. The van der Waals surface area contributed by atoms with E-state index in [2.05, 4.69) is 10.2 Å². The van der Waals surface area contributed by atoms with Gasteiger partial charge in [0.15, 0.2) is 5.72 Å². The van der Waals surface area contributed by atoms with Crippen LogP contribution in [-0.2, 0) is 5.72 Å². The average molecular weight is 280 g/mol. The number of likely N-dealkylation sites (tertiary alicyclic amines) is 1. The highest BCUT2D eigenvalue weighted by molar-refractivity contribution is 5.74. The number of aliphatic hydroxyl groups is 1.